The third kappa shape index (κ3) is 2.36. The summed E-state index contributed by atoms with van der Waals surface area (Å²) in [6, 6.07) is 26.7. The molecule has 0 radical (unpaired) electrons. The van der Waals surface area contributed by atoms with E-state index in [4.69, 9.17) is 0 Å². The molecule has 4 aromatic carbocycles. The Hall–Kier alpha value is -2.32. The highest BCUT2D eigenvalue weighted by Gasteiger charge is 2.15. The monoisotopic (exact) mass is 401 g/mol. The highest BCUT2D eigenvalue weighted by molar-refractivity contribution is 9.09. The molecule has 0 amide bonds. The second-order valence-corrected chi connectivity index (χ2v) is 7.70. The third-order valence-corrected chi connectivity index (χ3v) is 5.97. The van der Waals surface area contributed by atoms with E-state index in [2.05, 4.69) is 93.3 Å². The van der Waals surface area contributed by atoms with Gasteiger partial charge in [-0.3, -0.25) is 0 Å². The van der Waals surface area contributed by atoms with E-state index in [1.54, 1.807) is 0 Å². The smallest absolute Gasteiger partial charge is 0.0498 e. The van der Waals surface area contributed by atoms with E-state index in [9.17, 15) is 0 Å². The molecule has 128 valence electrons. The Kier molecular flexibility index (Phi) is 3.94. The van der Waals surface area contributed by atoms with E-state index in [0.717, 1.165) is 11.9 Å². The van der Waals surface area contributed by atoms with Crippen molar-refractivity contribution in [2.45, 2.75) is 19.4 Å². The molecule has 0 atom stereocenters. The fraction of sp³-hybridized carbons (Fsp3) is 0.167. The van der Waals surface area contributed by atoms with Gasteiger partial charge in [0.25, 0.3) is 0 Å². The predicted octanol–water partition coefficient (Wildman–Crippen LogP) is 7.28. The molecule has 0 unspecified atom stereocenters. The second-order valence-electron chi connectivity index (χ2n) is 6.91. The third-order valence-electron chi connectivity index (χ3n) is 5.41. The normalized spacial score (nSPS) is 11.9. The van der Waals surface area contributed by atoms with Crippen molar-refractivity contribution in [2.75, 3.05) is 5.33 Å². The molecule has 0 bridgehead atoms. The maximum atomic E-state index is 3.57. The van der Waals surface area contributed by atoms with Gasteiger partial charge in [0.2, 0.25) is 0 Å². The first-order valence-corrected chi connectivity index (χ1v) is 10.4. The first-order valence-electron chi connectivity index (χ1n) is 9.26. The molecule has 0 aliphatic rings. The second kappa shape index (κ2) is 6.44. The van der Waals surface area contributed by atoms with Crippen molar-refractivity contribution in [1.82, 2.24) is 4.57 Å². The van der Waals surface area contributed by atoms with Gasteiger partial charge in [-0.2, -0.15) is 0 Å². The Morgan fingerprint density at radius 3 is 1.69 bits per heavy atom. The van der Waals surface area contributed by atoms with E-state index >= 15 is 0 Å². The van der Waals surface area contributed by atoms with Gasteiger partial charge in [-0.1, -0.05) is 76.6 Å². The quantitative estimate of drug-likeness (QED) is 0.220. The number of alkyl halides is 1. The Balaban J connectivity index is 1.97. The lowest BCUT2D eigenvalue weighted by Crippen LogP contribution is -1.97. The summed E-state index contributed by atoms with van der Waals surface area (Å²) in [7, 11) is 0. The molecule has 1 heterocycles. The highest BCUT2D eigenvalue weighted by Crippen LogP contribution is 2.38. The average molecular weight is 402 g/mol. The van der Waals surface area contributed by atoms with Crippen LogP contribution in [-0.2, 0) is 6.54 Å². The van der Waals surface area contributed by atoms with Crippen molar-refractivity contribution in [3.8, 4) is 0 Å². The lowest BCUT2D eigenvalue weighted by molar-refractivity contribution is 0.670. The van der Waals surface area contributed by atoms with Crippen LogP contribution >= 0.6 is 15.9 Å². The van der Waals surface area contributed by atoms with Gasteiger partial charge in [0.05, 0.1) is 0 Å². The van der Waals surface area contributed by atoms with Crippen LogP contribution in [0, 0.1) is 0 Å². The molecule has 0 saturated carbocycles. The minimum absolute atomic E-state index is 1.06. The number of aryl methyl sites for hydroxylation is 1. The zero-order valence-corrected chi connectivity index (χ0v) is 16.2. The number of aromatic nitrogens is 1. The molecule has 0 saturated heterocycles. The summed E-state index contributed by atoms with van der Waals surface area (Å²) in [5.41, 5.74) is 2.70. The number of halogens is 1. The lowest BCUT2D eigenvalue weighted by atomic mass is 10.00. The summed E-state index contributed by atoms with van der Waals surface area (Å²) in [4.78, 5) is 0. The SMILES string of the molecule is BrCCCCn1c2ccc3ccccc3c2c2c3ccccc3ccc21. The summed E-state index contributed by atoms with van der Waals surface area (Å²) < 4.78 is 2.52. The van der Waals surface area contributed by atoms with Crippen molar-refractivity contribution in [3.63, 3.8) is 0 Å². The summed E-state index contributed by atoms with van der Waals surface area (Å²) in [6.07, 6.45) is 2.38. The fourth-order valence-electron chi connectivity index (χ4n) is 4.23. The fourth-order valence-corrected chi connectivity index (χ4v) is 4.63. The van der Waals surface area contributed by atoms with E-state index < -0.39 is 0 Å². The molecular weight excluding hydrogens is 382 g/mol. The maximum absolute atomic E-state index is 3.57. The molecule has 1 aromatic heterocycles. The maximum Gasteiger partial charge on any atom is 0.0498 e. The zero-order chi connectivity index (χ0) is 17.5. The number of fused-ring (bicyclic) bond motifs is 7. The number of hydrogen-bond acceptors (Lipinski definition) is 0. The highest BCUT2D eigenvalue weighted by atomic mass is 79.9. The number of rotatable bonds is 4. The van der Waals surface area contributed by atoms with E-state index in [-0.39, 0.29) is 0 Å². The molecule has 0 spiro atoms. The van der Waals surface area contributed by atoms with Gasteiger partial charge in [-0.25, -0.2) is 0 Å². The van der Waals surface area contributed by atoms with Crippen LogP contribution in [0.25, 0.3) is 43.4 Å². The number of hydrogen-bond donors (Lipinski definition) is 0. The molecule has 2 heteroatoms. The number of benzene rings is 4. The molecule has 5 rings (SSSR count). The van der Waals surface area contributed by atoms with Gasteiger partial charge in [0.1, 0.15) is 0 Å². The Morgan fingerprint density at radius 2 is 1.15 bits per heavy atom. The van der Waals surface area contributed by atoms with Gasteiger partial charge in [-0.15, -0.1) is 0 Å². The topological polar surface area (TPSA) is 4.93 Å². The summed E-state index contributed by atoms with van der Waals surface area (Å²) in [6.45, 7) is 1.06. The van der Waals surface area contributed by atoms with Crippen LogP contribution in [-0.4, -0.2) is 9.90 Å². The number of nitrogens with zero attached hydrogens (tertiary/aromatic N) is 1. The van der Waals surface area contributed by atoms with Crippen molar-refractivity contribution in [3.05, 3.63) is 72.8 Å². The molecular formula is C24H20BrN. The van der Waals surface area contributed by atoms with Crippen LogP contribution in [0.1, 0.15) is 12.8 Å². The zero-order valence-electron chi connectivity index (χ0n) is 14.6. The molecule has 0 aliphatic carbocycles. The van der Waals surface area contributed by atoms with Crippen molar-refractivity contribution >= 4 is 59.3 Å². The van der Waals surface area contributed by atoms with Crippen LogP contribution in [0.15, 0.2) is 72.8 Å². The van der Waals surface area contributed by atoms with Crippen molar-refractivity contribution < 1.29 is 0 Å². The van der Waals surface area contributed by atoms with E-state index in [1.807, 2.05) is 0 Å². The van der Waals surface area contributed by atoms with Crippen LogP contribution in [0.2, 0.25) is 0 Å². The first kappa shape index (κ1) is 15.9. The van der Waals surface area contributed by atoms with Crippen LogP contribution < -0.4 is 0 Å². The molecule has 0 N–H and O–H groups in total. The van der Waals surface area contributed by atoms with Gasteiger partial charge in [0.15, 0.2) is 0 Å². The van der Waals surface area contributed by atoms with Crippen LogP contribution in [0.3, 0.4) is 0 Å². The van der Waals surface area contributed by atoms with Gasteiger partial charge in [0, 0.05) is 33.7 Å². The molecule has 0 aliphatic heterocycles. The molecule has 26 heavy (non-hydrogen) atoms. The van der Waals surface area contributed by atoms with Gasteiger partial charge >= 0.3 is 0 Å². The Morgan fingerprint density at radius 1 is 0.615 bits per heavy atom. The standard InChI is InChI=1S/C24H20BrN/c25-15-5-6-16-26-21-13-11-17-7-1-3-9-19(17)23(21)24-20-10-4-2-8-18(20)12-14-22(24)26/h1-4,7-14H,5-6,15-16H2. The van der Waals surface area contributed by atoms with E-state index in [0.29, 0.717) is 0 Å². The summed E-state index contributed by atoms with van der Waals surface area (Å²) in [5.74, 6) is 0. The minimum atomic E-state index is 1.06. The minimum Gasteiger partial charge on any atom is -0.340 e. The van der Waals surface area contributed by atoms with Crippen molar-refractivity contribution in [2.24, 2.45) is 0 Å². The number of unbranched alkanes of at least 4 members (excludes halogenated alkanes) is 1. The van der Waals surface area contributed by atoms with E-state index in [1.165, 1.54) is 56.2 Å². The first-order chi connectivity index (χ1) is 12.9. The summed E-state index contributed by atoms with van der Waals surface area (Å²) in [5, 5.41) is 9.19. The lowest BCUT2D eigenvalue weighted by Gasteiger charge is -2.07. The van der Waals surface area contributed by atoms with Gasteiger partial charge < -0.3 is 4.57 Å². The van der Waals surface area contributed by atoms with Crippen molar-refractivity contribution in [1.29, 1.82) is 0 Å². The molecule has 5 aromatic rings. The predicted molar refractivity (Wildman–Crippen MR) is 117 cm³/mol. The molecule has 1 nitrogen and oxygen atoms in total. The van der Waals surface area contributed by atoms with Crippen LogP contribution in [0.5, 0.6) is 0 Å². The largest absolute Gasteiger partial charge is 0.340 e. The average Bonchev–Trinajstić information content (AvgIpc) is 3.03. The summed E-state index contributed by atoms with van der Waals surface area (Å²) >= 11 is 3.57. The Bertz CT molecular complexity index is 1160. The van der Waals surface area contributed by atoms with Crippen LogP contribution in [0.4, 0.5) is 0 Å². The molecule has 0 fully saturated rings. The Labute approximate surface area is 161 Å². The van der Waals surface area contributed by atoms with Gasteiger partial charge in [-0.05, 0) is 46.5 Å².